The molecule has 13 heteroatoms. The summed E-state index contributed by atoms with van der Waals surface area (Å²) in [6.45, 7) is 2.59. The van der Waals surface area contributed by atoms with Gasteiger partial charge in [0, 0.05) is 85.1 Å². The Labute approximate surface area is 293 Å². The zero-order chi connectivity index (χ0) is 33.9. The first-order valence-corrected chi connectivity index (χ1v) is 17.1. The minimum atomic E-state index is 0.0987. The van der Waals surface area contributed by atoms with Crippen molar-refractivity contribution in [2.45, 2.75) is 50.9 Å². The highest BCUT2D eigenvalue weighted by atomic mass is 35.5. The molecule has 2 amide bonds. The number of amides is 2. The van der Waals surface area contributed by atoms with Gasteiger partial charge < -0.3 is 26.0 Å². The number of nitrogens with zero attached hydrogens (tertiary/aromatic N) is 4. The lowest BCUT2D eigenvalue weighted by molar-refractivity contribution is -0.120. The van der Waals surface area contributed by atoms with Crippen LogP contribution in [0, 0.1) is 0 Å². The summed E-state index contributed by atoms with van der Waals surface area (Å²) in [4.78, 5) is 32.5. The van der Waals surface area contributed by atoms with E-state index >= 15 is 0 Å². The van der Waals surface area contributed by atoms with Gasteiger partial charge in [0.05, 0.1) is 22.8 Å². The van der Waals surface area contributed by atoms with E-state index in [0.29, 0.717) is 77.7 Å². The number of hydrogen-bond donors (Lipinski definition) is 4. The molecule has 5 aromatic rings. The number of rotatable bonds is 12. The van der Waals surface area contributed by atoms with Crippen LogP contribution < -0.4 is 26.0 Å². The number of carbonyl (C=O) groups excluding carboxylic acids is 2. The van der Waals surface area contributed by atoms with E-state index in [4.69, 9.17) is 43.0 Å². The molecule has 49 heavy (non-hydrogen) atoms. The maximum absolute atomic E-state index is 11.5. The first kappa shape index (κ1) is 33.0. The van der Waals surface area contributed by atoms with Crippen molar-refractivity contribution < 1.29 is 14.3 Å². The monoisotopic (exact) mass is 698 g/mol. The molecular weight excluding hydrogens is 663 g/mol. The third-order valence-corrected chi connectivity index (χ3v) is 9.74. The average molecular weight is 700 g/mol. The second-order valence-corrected chi connectivity index (χ2v) is 13.1. The van der Waals surface area contributed by atoms with E-state index in [9.17, 15) is 9.59 Å². The first-order valence-electron chi connectivity index (χ1n) is 16.3. The highest BCUT2D eigenvalue weighted by molar-refractivity contribution is 6.39. The smallest absolute Gasteiger partial charge is 0.220 e. The molecule has 2 saturated heterocycles. The number of pyridine rings is 2. The summed E-state index contributed by atoms with van der Waals surface area (Å²) in [5.74, 6) is 1.22. The summed E-state index contributed by atoms with van der Waals surface area (Å²) < 4.78 is 7.40. The van der Waals surface area contributed by atoms with Crippen LogP contribution in [0.25, 0.3) is 39.4 Å². The number of carbonyl (C=O) groups is 2. The molecule has 2 aromatic carbocycles. The second kappa shape index (κ2) is 14.5. The Morgan fingerprint density at radius 2 is 1.43 bits per heavy atom. The van der Waals surface area contributed by atoms with Crippen molar-refractivity contribution in [2.24, 2.45) is 0 Å². The largest absolute Gasteiger partial charge is 0.481 e. The van der Waals surface area contributed by atoms with Gasteiger partial charge in [0.2, 0.25) is 17.7 Å². The van der Waals surface area contributed by atoms with Gasteiger partial charge in [-0.25, -0.2) is 14.5 Å². The molecule has 11 nitrogen and oxygen atoms in total. The molecule has 0 aliphatic carbocycles. The molecule has 0 saturated carbocycles. The number of nitrogens with one attached hydrogen (secondary N) is 4. The van der Waals surface area contributed by atoms with Gasteiger partial charge in [0.15, 0.2) is 11.5 Å². The van der Waals surface area contributed by atoms with Crippen LogP contribution in [0.5, 0.6) is 5.88 Å². The van der Waals surface area contributed by atoms with Gasteiger partial charge in [0.25, 0.3) is 0 Å². The molecule has 2 aliphatic rings. The quantitative estimate of drug-likeness (QED) is 0.140. The van der Waals surface area contributed by atoms with E-state index in [1.165, 1.54) is 0 Å². The van der Waals surface area contributed by atoms with Crippen LogP contribution >= 0.6 is 23.2 Å². The van der Waals surface area contributed by atoms with Crippen molar-refractivity contribution >= 4 is 40.7 Å². The fraction of sp³-hybridized carbons (Fsp3) is 0.306. The van der Waals surface area contributed by atoms with Gasteiger partial charge in [-0.05, 0) is 36.6 Å². The zero-order valence-corrected chi connectivity index (χ0v) is 28.4. The number of hydrogen-bond acceptors (Lipinski definition) is 8. The molecule has 7 rings (SSSR count). The summed E-state index contributed by atoms with van der Waals surface area (Å²) in [7, 11) is 1.60. The Kier molecular flexibility index (Phi) is 9.77. The normalized spacial score (nSPS) is 17.4. The molecule has 2 aliphatic heterocycles. The summed E-state index contributed by atoms with van der Waals surface area (Å²) >= 11 is 14.1. The lowest BCUT2D eigenvalue weighted by atomic mass is 9.99. The fourth-order valence-electron chi connectivity index (χ4n) is 6.36. The van der Waals surface area contributed by atoms with E-state index in [2.05, 4.69) is 21.3 Å². The van der Waals surface area contributed by atoms with Gasteiger partial charge in [-0.3, -0.25) is 9.59 Å². The lowest BCUT2D eigenvalue weighted by Gasteiger charge is -2.15. The Morgan fingerprint density at radius 1 is 0.796 bits per heavy atom. The third-order valence-electron chi connectivity index (χ3n) is 8.93. The number of fused-ring (bicyclic) bond motifs is 1. The van der Waals surface area contributed by atoms with E-state index in [-0.39, 0.29) is 23.9 Å². The first-order chi connectivity index (χ1) is 23.9. The van der Waals surface area contributed by atoms with Crippen molar-refractivity contribution in [3.63, 3.8) is 0 Å². The van der Waals surface area contributed by atoms with Crippen molar-refractivity contribution in [1.29, 1.82) is 0 Å². The number of benzene rings is 2. The van der Waals surface area contributed by atoms with Crippen LogP contribution in [-0.4, -0.2) is 63.7 Å². The van der Waals surface area contributed by atoms with Crippen LogP contribution in [-0.2, 0) is 22.7 Å². The number of ether oxygens (including phenoxy) is 1. The van der Waals surface area contributed by atoms with Gasteiger partial charge >= 0.3 is 0 Å². The highest BCUT2D eigenvalue weighted by Gasteiger charge is 2.22. The van der Waals surface area contributed by atoms with Crippen molar-refractivity contribution in [3.05, 3.63) is 88.0 Å². The summed E-state index contributed by atoms with van der Waals surface area (Å²) in [6.07, 6.45) is 4.80. The van der Waals surface area contributed by atoms with E-state index in [1.54, 1.807) is 11.6 Å². The summed E-state index contributed by atoms with van der Waals surface area (Å²) in [6, 6.07) is 19.7. The second-order valence-electron chi connectivity index (χ2n) is 12.3. The van der Waals surface area contributed by atoms with Crippen LogP contribution in [0.3, 0.4) is 0 Å². The minimum absolute atomic E-state index is 0.0987. The average Bonchev–Trinajstić information content (AvgIpc) is 3.84. The third kappa shape index (κ3) is 7.25. The van der Waals surface area contributed by atoms with Gasteiger partial charge in [0.1, 0.15) is 0 Å². The maximum Gasteiger partial charge on any atom is 0.220 e. The van der Waals surface area contributed by atoms with E-state index < -0.39 is 0 Å². The standard InChI is InChI=1S/C36H36Cl2N8O3/c1-49-36-22(17-40-19-24-11-15-32(48)42-24)9-12-29(43-36)27-6-2-4-25(33(27)37)26-5-3-7-28(34(26)38)35-44-30-13-8-21(20-46(30)45-35)16-39-18-23-10-14-31(47)41-23/h2-9,12-13,20,23-24,39-40H,10-11,14-19H2,1H3,(H,41,47)(H,42,48). The fourth-order valence-corrected chi connectivity index (χ4v) is 6.99. The van der Waals surface area contributed by atoms with Crippen molar-refractivity contribution in [3.8, 4) is 39.7 Å². The Hall–Kier alpha value is -4.55. The molecule has 0 bridgehead atoms. The molecule has 2 atom stereocenters. The van der Waals surface area contributed by atoms with Crippen LogP contribution in [0.2, 0.25) is 10.0 Å². The topological polar surface area (TPSA) is 135 Å². The minimum Gasteiger partial charge on any atom is -0.481 e. The lowest BCUT2D eigenvalue weighted by Crippen LogP contribution is -2.35. The number of aromatic nitrogens is 4. The maximum atomic E-state index is 11.5. The SMILES string of the molecule is COc1nc(-c2cccc(-c3cccc(-c4nc5ccc(CNCC6CCC(=O)N6)cn5n4)c3Cl)c2Cl)ccc1CNCC1CCC(=O)N1. The predicted octanol–water partition coefficient (Wildman–Crippen LogP) is 5.18. The van der Waals surface area contributed by atoms with Gasteiger partial charge in [-0.15, -0.1) is 5.10 Å². The molecule has 0 radical (unpaired) electrons. The van der Waals surface area contributed by atoms with Gasteiger partial charge in [-0.1, -0.05) is 65.7 Å². The molecule has 4 N–H and O–H groups in total. The van der Waals surface area contributed by atoms with Gasteiger partial charge in [-0.2, -0.15) is 0 Å². The Balaban J connectivity index is 1.09. The molecule has 2 fully saturated rings. The number of halogens is 2. The van der Waals surface area contributed by atoms with E-state index in [1.807, 2.05) is 66.9 Å². The molecule has 0 spiro atoms. The summed E-state index contributed by atoms with van der Waals surface area (Å²) in [5, 5.41) is 18.5. The molecule has 252 valence electrons. The van der Waals surface area contributed by atoms with Crippen molar-refractivity contribution in [2.75, 3.05) is 20.2 Å². The van der Waals surface area contributed by atoms with Crippen molar-refractivity contribution in [1.82, 2.24) is 40.8 Å². The molecular formula is C36H36Cl2N8O3. The predicted molar refractivity (Wildman–Crippen MR) is 189 cm³/mol. The highest BCUT2D eigenvalue weighted by Crippen LogP contribution is 2.42. The molecule has 3 aromatic heterocycles. The zero-order valence-electron chi connectivity index (χ0n) is 26.9. The van der Waals surface area contributed by atoms with Crippen LogP contribution in [0.1, 0.15) is 36.8 Å². The number of methoxy groups -OCH3 is 1. The Morgan fingerprint density at radius 3 is 2.08 bits per heavy atom. The molecule has 5 heterocycles. The Bertz CT molecular complexity index is 2030. The molecule has 2 unspecified atom stereocenters. The van der Waals surface area contributed by atoms with E-state index in [0.717, 1.165) is 40.7 Å². The van der Waals surface area contributed by atoms with Crippen LogP contribution in [0.4, 0.5) is 0 Å². The van der Waals surface area contributed by atoms with Crippen LogP contribution in [0.15, 0.2) is 66.9 Å². The summed E-state index contributed by atoms with van der Waals surface area (Å²) in [5.41, 5.74) is 6.26.